The van der Waals surface area contributed by atoms with Gasteiger partial charge in [0.1, 0.15) is 0 Å². The van der Waals surface area contributed by atoms with Crippen LogP contribution in [0.4, 0.5) is 0 Å². The molecule has 0 aromatic carbocycles. The molecule has 0 heterocycles. The first kappa shape index (κ1) is 20.5. The molecule has 0 aromatic heterocycles. The SMILES string of the molecule is CCCCC#CCCOCCCC(=O)OCCCCCBr. The van der Waals surface area contributed by atoms with E-state index in [-0.39, 0.29) is 5.97 Å². The molecule has 0 saturated heterocycles. The number of alkyl halides is 1. The largest absolute Gasteiger partial charge is 0.466 e. The molecule has 21 heavy (non-hydrogen) atoms. The van der Waals surface area contributed by atoms with Gasteiger partial charge in [-0.1, -0.05) is 29.3 Å². The first-order chi connectivity index (χ1) is 10.3. The maximum absolute atomic E-state index is 11.4. The summed E-state index contributed by atoms with van der Waals surface area (Å²) in [5, 5.41) is 1.02. The summed E-state index contributed by atoms with van der Waals surface area (Å²) in [6, 6.07) is 0. The monoisotopic (exact) mass is 360 g/mol. The maximum atomic E-state index is 11.4. The van der Waals surface area contributed by atoms with Crippen LogP contribution < -0.4 is 0 Å². The van der Waals surface area contributed by atoms with E-state index in [0.717, 1.165) is 43.9 Å². The van der Waals surface area contributed by atoms with Gasteiger partial charge in [0.15, 0.2) is 0 Å². The molecular weight excluding hydrogens is 332 g/mol. The molecule has 4 heteroatoms. The van der Waals surface area contributed by atoms with Crippen molar-refractivity contribution < 1.29 is 14.3 Å². The van der Waals surface area contributed by atoms with Gasteiger partial charge in [-0.15, -0.1) is 11.8 Å². The van der Waals surface area contributed by atoms with Crippen LogP contribution in [0.25, 0.3) is 0 Å². The Bertz CT molecular complexity index is 294. The Morgan fingerprint density at radius 1 is 0.952 bits per heavy atom. The first-order valence-corrected chi connectivity index (χ1v) is 9.18. The van der Waals surface area contributed by atoms with Crippen LogP contribution in [0.15, 0.2) is 0 Å². The maximum Gasteiger partial charge on any atom is 0.305 e. The second-order valence-electron chi connectivity index (χ2n) is 4.89. The molecular formula is C17H29BrO3. The minimum atomic E-state index is -0.114. The van der Waals surface area contributed by atoms with E-state index in [0.29, 0.717) is 26.2 Å². The highest BCUT2D eigenvalue weighted by molar-refractivity contribution is 9.09. The van der Waals surface area contributed by atoms with Crippen LogP contribution in [0.5, 0.6) is 0 Å². The minimum absolute atomic E-state index is 0.114. The van der Waals surface area contributed by atoms with Crippen LogP contribution in [0.1, 0.15) is 64.7 Å². The van der Waals surface area contributed by atoms with E-state index in [9.17, 15) is 4.79 Å². The van der Waals surface area contributed by atoms with Gasteiger partial charge in [0.2, 0.25) is 0 Å². The lowest BCUT2D eigenvalue weighted by atomic mass is 10.2. The summed E-state index contributed by atoms with van der Waals surface area (Å²) in [6.07, 6.45) is 8.48. The van der Waals surface area contributed by atoms with E-state index >= 15 is 0 Å². The third-order valence-electron chi connectivity index (χ3n) is 2.86. The quantitative estimate of drug-likeness (QED) is 0.210. The molecule has 0 fully saturated rings. The van der Waals surface area contributed by atoms with Crippen molar-refractivity contribution in [3.63, 3.8) is 0 Å². The predicted molar refractivity (Wildman–Crippen MR) is 90.6 cm³/mol. The molecule has 0 spiro atoms. The number of halogens is 1. The van der Waals surface area contributed by atoms with E-state index in [4.69, 9.17) is 9.47 Å². The number of ether oxygens (including phenoxy) is 2. The Labute approximate surface area is 138 Å². The van der Waals surface area contributed by atoms with Crippen molar-refractivity contribution in [2.45, 2.75) is 64.7 Å². The highest BCUT2D eigenvalue weighted by Gasteiger charge is 2.02. The summed E-state index contributed by atoms with van der Waals surface area (Å²) in [5.74, 6) is 6.11. The third-order valence-corrected chi connectivity index (χ3v) is 3.42. The molecule has 0 aliphatic carbocycles. The van der Waals surface area contributed by atoms with Crippen molar-refractivity contribution >= 4 is 21.9 Å². The van der Waals surface area contributed by atoms with Crippen molar-refractivity contribution in [2.75, 3.05) is 25.2 Å². The summed E-state index contributed by atoms with van der Waals surface area (Å²) in [5.41, 5.74) is 0. The number of carbonyl (C=O) groups is 1. The molecule has 0 amide bonds. The fourth-order valence-electron chi connectivity index (χ4n) is 1.62. The lowest BCUT2D eigenvalue weighted by Crippen LogP contribution is -2.07. The highest BCUT2D eigenvalue weighted by Crippen LogP contribution is 2.01. The number of unbranched alkanes of at least 4 members (excludes halogenated alkanes) is 4. The number of carbonyl (C=O) groups excluding carboxylic acids is 1. The Kier molecular flexibility index (Phi) is 17.1. The lowest BCUT2D eigenvalue weighted by Gasteiger charge is -2.04. The molecule has 0 rings (SSSR count). The second kappa shape index (κ2) is 17.5. The van der Waals surface area contributed by atoms with E-state index < -0.39 is 0 Å². The number of esters is 1. The molecule has 0 unspecified atom stereocenters. The van der Waals surface area contributed by atoms with Gasteiger partial charge in [0, 0.05) is 31.2 Å². The van der Waals surface area contributed by atoms with E-state index in [1.165, 1.54) is 12.8 Å². The Balaban J connectivity index is 3.22. The van der Waals surface area contributed by atoms with Gasteiger partial charge in [-0.25, -0.2) is 0 Å². The van der Waals surface area contributed by atoms with Gasteiger partial charge in [0.05, 0.1) is 13.2 Å². The van der Waals surface area contributed by atoms with Gasteiger partial charge in [0.25, 0.3) is 0 Å². The van der Waals surface area contributed by atoms with Crippen molar-refractivity contribution in [1.29, 1.82) is 0 Å². The third kappa shape index (κ3) is 17.4. The lowest BCUT2D eigenvalue weighted by molar-refractivity contribution is -0.144. The molecule has 0 atom stereocenters. The normalized spacial score (nSPS) is 10.0. The predicted octanol–water partition coefficient (Wildman–Crippen LogP) is 4.48. The molecule has 0 aliphatic rings. The summed E-state index contributed by atoms with van der Waals surface area (Å²) < 4.78 is 10.6. The Morgan fingerprint density at radius 2 is 1.76 bits per heavy atom. The van der Waals surface area contributed by atoms with Crippen LogP contribution in [0, 0.1) is 11.8 Å². The van der Waals surface area contributed by atoms with Gasteiger partial charge in [-0.05, 0) is 32.1 Å². The van der Waals surface area contributed by atoms with Gasteiger partial charge in [-0.2, -0.15) is 0 Å². The van der Waals surface area contributed by atoms with Crippen LogP contribution in [0.2, 0.25) is 0 Å². The average Bonchev–Trinajstić information content (AvgIpc) is 2.49. The van der Waals surface area contributed by atoms with E-state index in [1.54, 1.807) is 0 Å². The molecule has 0 saturated carbocycles. The fourth-order valence-corrected chi connectivity index (χ4v) is 2.01. The zero-order chi connectivity index (χ0) is 15.6. The Hall–Kier alpha value is -0.530. The first-order valence-electron chi connectivity index (χ1n) is 8.06. The van der Waals surface area contributed by atoms with Crippen molar-refractivity contribution in [3.05, 3.63) is 0 Å². The van der Waals surface area contributed by atoms with Gasteiger partial charge in [-0.3, -0.25) is 4.79 Å². The van der Waals surface area contributed by atoms with Crippen molar-refractivity contribution in [1.82, 2.24) is 0 Å². The second-order valence-corrected chi connectivity index (χ2v) is 5.69. The minimum Gasteiger partial charge on any atom is -0.466 e. The van der Waals surface area contributed by atoms with Gasteiger partial charge >= 0.3 is 5.97 Å². The number of hydrogen-bond donors (Lipinski definition) is 0. The molecule has 0 bridgehead atoms. The number of rotatable bonds is 13. The number of hydrogen-bond acceptors (Lipinski definition) is 3. The summed E-state index contributed by atoms with van der Waals surface area (Å²) in [4.78, 5) is 11.4. The van der Waals surface area contributed by atoms with Crippen LogP contribution in [-0.2, 0) is 14.3 Å². The van der Waals surface area contributed by atoms with E-state index in [2.05, 4.69) is 34.7 Å². The van der Waals surface area contributed by atoms with Crippen LogP contribution >= 0.6 is 15.9 Å². The zero-order valence-corrected chi connectivity index (χ0v) is 14.9. The summed E-state index contributed by atoms with van der Waals surface area (Å²) in [7, 11) is 0. The van der Waals surface area contributed by atoms with Crippen LogP contribution in [0.3, 0.4) is 0 Å². The smallest absolute Gasteiger partial charge is 0.305 e. The molecule has 3 nitrogen and oxygen atoms in total. The topological polar surface area (TPSA) is 35.5 Å². The molecule has 122 valence electrons. The molecule has 0 radical (unpaired) electrons. The average molecular weight is 361 g/mol. The molecule has 0 aromatic rings. The molecule has 0 N–H and O–H groups in total. The summed E-state index contributed by atoms with van der Waals surface area (Å²) >= 11 is 3.38. The van der Waals surface area contributed by atoms with Crippen LogP contribution in [-0.4, -0.2) is 31.1 Å². The van der Waals surface area contributed by atoms with E-state index in [1.807, 2.05) is 0 Å². The molecule has 0 aliphatic heterocycles. The van der Waals surface area contributed by atoms with Crippen molar-refractivity contribution in [2.24, 2.45) is 0 Å². The standard InChI is InChI=1S/C17H29BrO3/c1-2-3-4-5-6-9-14-20-15-11-12-17(19)21-16-10-7-8-13-18/h2-4,7-16H2,1H3. The van der Waals surface area contributed by atoms with Gasteiger partial charge < -0.3 is 9.47 Å². The highest BCUT2D eigenvalue weighted by atomic mass is 79.9. The zero-order valence-electron chi connectivity index (χ0n) is 13.3. The summed E-state index contributed by atoms with van der Waals surface area (Å²) in [6.45, 7) is 3.97. The Morgan fingerprint density at radius 3 is 2.52 bits per heavy atom. The van der Waals surface area contributed by atoms with Crippen molar-refractivity contribution in [3.8, 4) is 11.8 Å². The fraction of sp³-hybridized carbons (Fsp3) is 0.824.